The molecule has 0 radical (unpaired) electrons. The van der Waals surface area contributed by atoms with Gasteiger partial charge in [-0.15, -0.1) is 0 Å². The van der Waals surface area contributed by atoms with Crippen LogP contribution < -0.4 is 10.6 Å². The second-order valence-electron chi connectivity index (χ2n) is 6.44. The van der Waals surface area contributed by atoms with Crippen molar-refractivity contribution in [3.63, 3.8) is 0 Å². The average molecular weight is 295 g/mol. The zero-order valence-electron chi connectivity index (χ0n) is 13.9. The van der Waals surface area contributed by atoms with Gasteiger partial charge in [0.05, 0.1) is 5.54 Å². The van der Waals surface area contributed by atoms with E-state index < -0.39 is 5.60 Å². The number of alkyl carbamates (subject to hydrolysis) is 1. The van der Waals surface area contributed by atoms with Gasteiger partial charge in [-0.25, -0.2) is 4.79 Å². The fourth-order valence-electron chi connectivity index (χ4n) is 2.16. The zero-order valence-corrected chi connectivity index (χ0v) is 13.9. The summed E-state index contributed by atoms with van der Waals surface area (Å²) in [5.74, 6) is 0. The van der Waals surface area contributed by atoms with E-state index in [1.54, 1.807) is 0 Å². The van der Waals surface area contributed by atoms with Crippen molar-refractivity contribution in [2.45, 2.75) is 65.1 Å². The van der Waals surface area contributed by atoms with E-state index in [0.717, 1.165) is 19.4 Å². The molecule has 0 spiro atoms. The standard InChI is InChI=1S/C16H29N3O2/c1-6-16(7-2,19-14(20)21-15(3,4)5)12-18-11-13-8-9-17-10-13/h8-10,17-18H,6-7,11-12H2,1-5H3,(H,19,20). The van der Waals surface area contributed by atoms with Crippen LogP contribution in [0.5, 0.6) is 0 Å². The van der Waals surface area contributed by atoms with Gasteiger partial charge in [0.2, 0.25) is 0 Å². The molecule has 3 N–H and O–H groups in total. The summed E-state index contributed by atoms with van der Waals surface area (Å²) in [6.07, 6.45) is 5.22. The van der Waals surface area contributed by atoms with Crippen molar-refractivity contribution in [1.29, 1.82) is 0 Å². The fraction of sp³-hybridized carbons (Fsp3) is 0.688. The molecule has 0 aliphatic rings. The predicted octanol–water partition coefficient (Wildman–Crippen LogP) is 3.19. The predicted molar refractivity (Wildman–Crippen MR) is 85.2 cm³/mol. The number of aromatic amines is 1. The Morgan fingerprint density at radius 1 is 1.29 bits per heavy atom. The monoisotopic (exact) mass is 295 g/mol. The Labute approximate surface area is 127 Å². The van der Waals surface area contributed by atoms with Crippen molar-refractivity contribution in [3.05, 3.63) is 24.0 Å². The number of H-pyrrole nitrogens is 1. The molecule has 1 amide bonds. The second-order valence-corrected chi connectivity index (χ2v) is 6.44. The molecule has 1 aromatic rings. The number of carbonyl (C=O) groups excluding carboxylic acids is 1. The highest BCUT2D eigenvalue weighted by Crippen LogP contribution is 2.16. The molecule has 1 rings (SSSR count). The molecule has 0 atom stereocenters. The second kappa shape index (κ2) is 7.50. The normalized spacial score (nSPS) is 12.2. The fourth-order valence-corrected chi connectivity index (χ4v) is 2.16. The lowest BCUT2D eigenvalue weighted by molar-refractivity contribution is 0.0446. The van der Waals surface area contributed by atoms with Crippen LogP contribution in [0.2, 0.25) is 0 Å². The third kappa shape index (κ3) is 6.21. The molecule has 0 saturated carbocycles. The van der Waals surface area contributed by atoms with Crippen LogP contribution in [0.1, 0.15) is 53.0 Å². The summed E-state index contributed by atoms with van der Waals surface area (Å²) in [7, 11) is 0. The molecule has 0 aliphatic carbocycles. The summed E-state index contributed by atoms with van der Waals surface area (Å²) in [5, 5.41) is 6.44. The highest BCUT2D eigenvalue weighted by atomic mass is 16.6. The van der Waals surface area contributed by atoms with E-state index in [1.165, 1.54) is 5.56 Å². The van der Waals surface area contributed by atoms with Gasteiger partial charge < -0.3 is 20.4 Å². The minimum atomic E-state index is -0.476. The lowest BCUT2D eigenvalue weighted by Gasteiger charge is -2.34. The lowest BCUT2D eigenvalue weighted by Crippen LogP contribution is -2.55. The Kier molecular flexibility index (Phi) is 6.27. The smallest absolute Gasteiger partial charge is 0.408 e. The largest absolute Gasteiger partial charge is 0.444 e. The van der Waals surface area contributed by atoms with Crippen LogP contribution in [0.4, 0.5) is 4.79 Å². The summed E-state index contributed by atoms with van der Waals surface area (Å²) in [4.78, 5) is 15.1. The van der Waals surface area contributed by atoms with Gasteiger partial charge in [0.1, 0.15) is 5.60 Å². The molecule has 0 aliphatic heterocycles. The molecule has 0 saturated heterocycles. The molecule has 0 bridgehead atoms. The van der Waals surface area contributed by atoms with Crippen LogP contribution in [0.15, 0.2) is 18.5 Å². The van der Waals surface area contributed by atoms with Crippen molar-refractivity contribution in [3.8, 4) is 0 Å². The van der Waals surface area contributed by atoms with Gasteiger partial charge in [-0.2, -0.15) is 0 Å². The molecule has 0 aromatic carbocycles. The van der Waals surface area contributed by atoms with Crippen molar-refractivity contribution in [2.75, 3.05) is 6.54 Å². The number of carbonyl (C=O) groups is 1. The minimum Gasteiger partial charge on any atom is -0.444 e. The van der Waals surface area contributed by atoms with Gasteiger partial charge in [0.25, 0.3) is 0 Å². The SMILES string of the molecule is CCC(CC)(CNCc1cc[nH]c1)NC(=O)OC(C)(C)C. The number of hydrogen-bond acceptors (Lipinski definition) is 3. The molecule has 1 heterocycles. The van der Waals surface area contributed by atoms with E-state index in [0.29, 0.717) is 6.54 Å². The van der Waals surface area contributed by atoms with Crippen LogP contribution in [-0.2, 0) is 11.3 Å². The molecule has 0 fully saturated rings. The maximum atomic E-state index is 12.0. The van der Waals surface area contributed by atoms with Crippen molar-refractivity contribution in [1.82, 2.24) is 15.6 Å². The van der Waals surface area contributed by atoms with Crippen molar-refractivity contribution in [2.24, 2.45) is 0 Å². The van der Waals surface area contributed by atoms with Crippen LogP contribution in [0.25, 0.3) is 0 Å². The van der Waals surface area contributed by atoms with Crippen LogP contribution in [0, 0.1) is 0 Å². The van der Waals surface area contributed by atoms with E-state index in [4.69, 9.17) is 4.74 Å². The number of hydrogen-bond donors (Lipinski definition) is 3. The maximum Gasteiger partial charge on any atom is 0.408 e. The van der Waals surface area contributed by atoms with E-state index in [1.807, 2.05) is 39.2 Å². The molecular weight excluding hydrogens is 266 g/mol. The Bertz CT molecular complexity index is 417. The van der Waals surface area contributed by atoms with Crippen molar-refractivity contribution < 1.29 is 9.53 Å². The Morgan fingerprint density at radius 2 is 1.95 bits per heavy atom. The van der Waals surface area contributed by atoms with Crippen LogP contribution in [-0.4, -0.2) is 28.8 Å². The topological polar surface area (TPSA) is 66.2 Å². The van der Waals surface area contributed by atoms with Gasteiger partial charge >= 0.3 is 6.09 Å². The number of ether oxygens (including phenoxy) is 1. The molecule has 1 aromatic heterocycles. The van der Waals surface area contributed by atoms with Crippen LogP contribution in [0.3, 0.4) is 0 Å². The minimum absolute atomic E-state index is 0.279. The summed E-state index contributed by atoms with van der Waals surface area (Å²) in [5.41, 5.74) is 0.447. The molecule has 5 nitrogen and oxygen atoms in total. The Balaban J connectivity index is 2.54. The third-order valence-electron chi connectivity index (χ3n) is 3.57. The number of amides is 1. The van der Waals surface area contributed by atoms with E-state index in [9.17, 15) is 4.79 Å². The van der Waals surface area contributed by atoms with Crippen molar-refractivity contribution >= 4 is 6.09 Å². The molecule has 5 heteroatoms. The summed E-state index contributed by atoms with van der Waals surface area (Å²) in [6.45, 7) is 11.3. The van der Waals surface area contributed by atoms with Gasteiger partial charge in [0, 0.05) is 25.5 Å². The first kappa shape index (κ1) is 17.6. The Morgan fingerprint density at radius 3 is 2.43 bits per heavy atom. The maximum absolute atomic E-state index is 12.0. The molecule has 21 heavy (non-hydrogen) atoms. The molecule has 0 unspecified atom stereocenters. The van der Waals surface area contributed by atoms with Gasteiger partial charge in [-0.3, -0.25) is 0 Å². The van der Waals surface area contributed by atoms with Crippen LogP contribution >= 0.6 is 0 Å². The highest BCUT2D eigenvalue weighted by Gasteiger charge is 2.30. The first-order valence-corrected chi connectivity index (χ1v) is 7.64. The highest BCUT2D eigenvalue weighted by molar-refractivity contribution is 5.68. The van der Waals surface area contributed by atoms with Gasteiger partial charge in [0.15, 0.2) is 0 Å². The number of rotatable bonds is 7. The Hall–Kier alpha value is -1.49. The van der Waals surface area contributed by atoms with Gasteiger partial charge in [-0.1, -0.05) is 13.8 Å². The van der Waals surface area contributed by atoms with E-state index in [2.05, 4.69) is 29.5 Å². The molecule has 120 valence electrons. The molecular formula is C16H29N3O2. The summed E-state index contributed by atoms with van der Waals surface area (Å²) in [6, 6.07) is 2.04. The average Bonchev–Trinajstić information content (AvgIpc) is 2.88. The third-order valence-corrected chi connectivity index (χ3v) is 3.57. The summed E-state index contributed by atoms with van der Waals surface area (Å²) < 4.78 is 5.37. The van der Waals surface area contributed by atoms with Gasteiger partial charge in [-0.05, 0) is 45.2 Å². The number of aromatic nitrogens is 1. The van der Waals surface area contributed by atoms with E-state index in [-0.39, 0.29) is 11.6 Å². The zero-order chi connectivity index (χ0) is 15.9. The first-order chi connectivity index (χ1) is 9.80. The quantitative estimate of drug-likeness (QED) is 0.724. The van der Waals surface area contributed by atoms with E-state index >= 15 is 0 Å². The lowest BCUT2D eigenvalue weighted by atomic mass is 9.93. The first-order valence-electron chi connectivity index (χ1n) is 7.64. The number of nitrogens with one attached hydrogen (secondary N) is 3. The summed E-state index contributed by atoms with van der Waals surface area (Å²) >= 11 is 0.